The second kappa shape index (κ2) is 7.00. The van der Waals surface area contributed by atoms with Gasteiger partial charge in [0.15, 0.2) is 24.7 Å². The first-order chi connectivity index (χ1) is 11.8. The van der Waals surface area contributed by atoms with Crippen LogP contribution < -0.4 is 5.32 Å². The molecule has 142 valence electrons. The van der Waals surface area contributed by atoms with Crippen molar-refractivity contribution in [3.63, 3.8) is 0 Å². The lowest BCUT2D eigenvalue weighted by atomic mass is 10.1. The fourth-order valence-electron chi connectivity index (χ4n) is 2.28. The van der Waals surface area contributed by atoms with E-state index in [0.29, 0.717) is 5.69 Å². The van der Waals surface area contributed by atoms with Crippen LogP contribution in [-0.2, 0) is 19.7 Å². The van der Waals surface area contributed by atoms with Gasteiger partial charge in [0.05, 0.1) is 21.5 Å². The molecule has 26 heavy (non-hydrogen) atoms. The summed E-state index contributed by atoms with van der Waals surface area (Å²) in [4.78, 5) is 4.35. The quantitative estimate of drug-likeness (QED) is 0.834. The lowest BCUT2D eigenvalue weighted by Gasteiger charge is -2.19. The number of pyridine rings is 1. The number of hydrogen-bond donors (Lipinski definition) is 1. The van der Waals surface area contributed by atoms with Crippen molar-refractivity contribution >= 4 is 25.4 Å². The molecule has 1 aromatic carbocycles. The summed E-state index contributed by atoms with van der Waals surface area (Å²) in [6.45, 7) is 6.84. The first-order valence-corrected chi connectivity index (χ1v) is 11.5. The molecule has 0 aliphatic rings. The van der Waals surface area contributed by atoms with Gasteiger partial charge in [0.25, 0.3) is 0 Å². The van der Waals surface area contributed by atoms with Crippen molar-refractivity contribution < 1.29 is 16.8 Å². The number of aromatic nitrogens is 1. The molecule has 6 nitrogen and oxygen atoms in total. The van der Waals surface area contributed by atoms with Gasteiger partial charge in [0.1, 0.15) is 0 Å². The van der Waals surface area contributed by atoms with Crippen LogP contribution in [0.25, 0.3) is 0 Å². The number of benzene rings is 1. The van der Waals surface area contributed by atoms with E-state index in [4.69, 9.17) is 0 Å². The average Bonchev–Trinajstić information content (AvgIpc) is 2.53. The molecule has 1 N–H and O–H groups in total. The Bertz CT molecular complexity index is 973. The molecule has 0 amide bonds. The van der Waals surface area contributed by atoms with Gasteiger partial charge in [-0.05, 0) is 57.5 Å². The van der Waals surface area contributed by atoms with Crippen LogP contribution in [0.3, 0.4) is 0 Å². The molecule has 0 aliphatic heterocycles. The molecule has 0 bridgehead atoms. The lowest BCUT2D eigenvalue weighted by molar-refractivity contribution is 0.556. The van der Waals surface area contributed by atoms with Crippen LogP contribution in [0.1, 0.15) is 39.3 Å². The van der Waals surface area contributed by atoms with Crippen molar-refractivity contribution in [2.75, 3.05) is 11.6 Å². The third-order valence-electron chi connectivity index (χ3n) is 4.01. The number of nitrogens with one attached hydrogen (secondary N) is 1. The molecule has 1 unspecified atom stereocenters. The van der Waals surface area contributed by atoms with Crippen LogP contribution in [0.4, 0.5) is 5.69 Å². The van der Waals surface area contributed by atoms with Gasteiger partial charge >= 0.3 is 0 Å². The molecule has 0 saturated heterocycles. The topological polar surface area (TPSA) is 93.2 Å². The SMILES string of the molecule is CC(Nc1ccc(S(=O)(=O)C(C)(C)C)nc1)c1ccc(S(C)(=O)=O)cc1. The Morgan fingerprint density at radius 2 is 1.54 bits per heavy atom. The van der Waals surface area contributed by atoms with E-state index in [9.17, 15) is 16.8 Å². The third-order valence-corrected chi connectivity index (χ3v) is 7.54. The Morgan fingerprint density at radius 3 is 1.96 bits per heavy atom. The summed E-state index contributed by atoms with van der Waals surface area (Å²) >= 11 is 0. The fraction of sp³-hybridized carbons (Fsp3) is 0.389. The van der Waals surface area contributed by atoms with Crippen molar-refractivity contribution in [2.24, 2.45) is 0 Å². The van der Waals surface area contributed by atoms with Crippen LogP contribution >= 0.6 is 0 Å². The van der Waals surface area contributed by atoms with Gasteiger partial charge in [-0.25, -0.2) is 21.8 Å². The minimum Gasteiger partial charge on any atom is -0.377 e. The number of anilines is 1. The summed E-state index contributed by atoms with van der Waals surface area (Å²) in [6.07, 6.45) is 2.66. The average molecular weight is 397 g/mol. The highest BCUT2D eigenvalue weighted by Gasteiger charge is 2.31. The highest BCUT2D eigenvalue weighted by atomic mass is 32.2. The monoisotopic (exact) mass is 396 g/mol. The van der Waals surface area contributed by atoms with Crippen LogP contribution in [0, 0.1) is 0 Å². The molecule has 8 heteroatoms. The number of sulfone groups is 2. The number of hydrogen-bond acceptors (Lipinski definition) is 6. The van der Waals surface area contributed by atoms with E-state index in [1.54, 1.807) is 51.1 Å². The predicted octanol–water partition coefficient (Wildman–Crippen LogP) is 3.23. The molecule has 1 atom stereocenters. The largest absolute Gasteiger partial charge is 0.377 e. The highest BCUT2D eigenvalue weighted by molar-refractivity contribution is 7.92. The number of rotatable bonds is 5. The molecule has 0 fully saturated rings. The zero-order chi connectivity index (χ0) is 19.8. The van der Waals surface area contributed by atoms with Crippen molar-refractivity contribution in [2.45, 2.75) is 48.4 Å². The summed E-state index contributed by atoms with van der Waals surface area (Å²) in [6, 6.07) is 9.70. The molecule has 2 rings (SSSR count). The Morgan fingerprint density at radius 1 is 0.962 bits per heavy atom. The second-order valence-corrected chi connectivity index (χ2v) is 11.9. The van der Waals surface area contributed by atoms with Crippen molar-refractivity contribution in [1.29, 1.82) is 0 Å². The third kappa shape index (κ3) is 4.42. The smallest absolute Gasteiger partial charge is 0.200 e. The van der Waals surface area contributed by atoms with Gasteiger partial charge in [0, 0.05) is 12.3 Å². The van der Waals surface area contributed by atoms with E-state index in [-0.39, 0.29) is 16.0 Å². The molecule has 0 radical (unpaired) electrons. The fourth-order valence-corrected chi connectivity index (χ4v) is 3.97. The minimum absolute atomic E-state index is 0.0423. The molecular formula is C18H24N2O4S2. The van der Waals surface area contributed by atoms with Crippen LogP contribution in [-0.4, -0.2) is 32.8 Å². The summed E-state index contributed by atoms with van der Waals surface area (Å²) in [7, 11) is -6.71. The normalized spacial score (nSPS) is 14.0. The first-order valence-electron chi connectivity index (χ1n) is 8.09. The van der Waals surface area contributed by atoms with Crippen LogP contribution in [0.5, 0.6) is 0 Å². The van der Waals surface area contributed by atoms with Crippen LogP contribution in [0.15, 0.2) is 52.5 Å². The zero-order valence-corrected chi connectivity index (χ0v) is 17.1. The standard InChI is InChI=1S/C18H24N2O4S2/c1-13(14-6-9-16(10-7-14)25(5,21)22)20-15-8-11-17(19-12-15)26(23,24)18(2,3)4/h6-13,20H,1-5H3. The van der Waals surface area contributed by atoms with E-state index >= 15 is 0 Å². The summed E-state index contributed by atoms with van der Waals surface area (Å²) in [5, 5.41) is 3.27. The molecule has 1 heterocycles. The predicted molar refractivity (Wildman–Crippen MR) is 103 cm³/mol. The van der Waals surface area contributed by atoms with Gasteiger partial charge in [-0.1, -0.05) is 12.1 Å². The van der Waals surface area contributed by atoms with Gasteiger partial charge in [-0.2, -0.15) is 0 Å². The van der Waals surface area contributed by atoms with Crippen molar-refractivity contribution in [3.8, 4) is 0 Å². The maximum Gasteiger partial charge on any atom is 0.200 e. The van der Waals surface area contributed by atoms with Gasteiger partial charge < -0.3 is 5.32 Å². The summed E-state index contributed by atoms with van der Waals surface area (Å²) in [5.41, 5.74) is 1.58. The van der Waals surface area contributed by atoms with E-state index in [2.05, 4.69) is 10.3 Å². The Kier molecular flexibility index (Phi) is 5.49. The van der Waals surface area contributed by atoms with Gasteiger partial charge in [0.2, 0.25) is 0 Å². The Labute approximate surface area is 155 Å². The van der Waals surface area contributed by atoms with E-state index in [0.717, 1.165) is 5.56 Å². The molecule has 0 saturated carbocycles. The second-order valence-electron chi connectivity index (χ2n) is 7.21. The molecule has 1 aromatic heterocycles. The minimum atomic E-state index is -3.49. The Balaban J connectivity index is 2.16. The maximum atomic E-state index is 12.4. The lowest BCUT2D eigenvalue weighted by Crippen LogP contribution is -2.28. The summed E-state index contributed by atoms with van der Waals surface area (Å²) in [5.74, 6) is 0. The van der Waals surface area contributed by atoms with E-state index in [1.165, 1.54) is 18.5 Å². The van der Waals surface area contributed by atoms with Gasteiger partial charge in [-0.15, -0.1) is 0 Å². The van der Waals surface area contributed by atoms with Gasteiger partial charge in [-0.3, -0.25) is 0 Å². The number of nitrogens with zero attached hydrogens (tertiary/aromatic N) is 1. The first kappa shape index (κ1) is 20.4. The van der Waals surface area contributed by atoms with Crippen molar-refractivity contribution in [3.05, 3.63) is 48.2 Å². The van der Waals surface area contributed by atoms with Crippen LogP contribution in [0.2, 0.25) is 0 Å². The molecule has 2 aromatic rings. The Hall–Kier alpha value is -1.93. The van der Waals surface area contributed by atoms with E-state index in [1.807, 2.05) is 6.92 Å². The summed E-state index contributed by atoms with van der Waals surface area (Å²) < 4.78 is 46.9. The van der Waals surface area contributed by atoms with E-state index < -0.39 is 24.4 Å². The molecule has 0 aliphatic carbocycles. The maximum absolute atomic E-state index is 12.4. The zero-order valence-electron chi connectivity index (χ0n) is 15.5. The highest BCUT2D eigenvalue weighted by Crippen LogP contribution is 2.25. The molecular weight excluding hydrogens is 372 g/mol. The van der Waals surface area contributed by atoms with Crippen molar-refractivity contribution in [1.82, 2.24) is 4.98 Å². The molecule has 0 spiro atoms.